The maximum atomic E-state index is 6.97. The van der Waals surface area contributed by atoms with Crippen molar-refractivity contribution in [2.45, 2.75) is 6.42 Å². The number of nitrogens with one attached hydrogen (secondary N) is 1. The zero-order valence-corrected chi connectivity index (χ0v) is 7.84. The first-order chi connectivity index (χ1) is 6.18. The number of ether oxygens (including phenoxy) is 1. The normalized spacial score (nSPS) is 9.62. The van der Waals surface area contributed by atoms with E-state index >= 15 is 0 Å². The summed E-state index contributed by atoms with van der Waals surface area (Å²) in [6, 6.07) is 7.07. The van der Waals surface area contributed by atoms with Gasteiger partial charge in [-0.3, -0.25) is 5.41 Å². The van der Waals surface area contributed by atoms with Crippen LogP contribution in [0.15, 0.2) is 24.3 Å². The van der Waals surface area contributed by atoms with Crippen LogP contribution in [0.3, 0.4) is 0 Å². The van der Waals surface area contributed by atoms with Gasteiger partial charge in [0.1, 0.15) is 5.75 Å². The first kappa shape index (κ1) is 9.86. The summed E-state index contributed by atoms with van der Waals surface area (Å²) in [5.74, 6) is 0.875. The van der Waals surface area contributed by atoms with E-state index in [1.165, 1.54) is 0 Å². The first-order valence-corrected chi connectivity index (χ1v) is 4.27. The second kappa shape index (κ2) is 4.72. The summed E-state index contributed by atoms with van der Waals surface area (Å²) in [4.78, 5) is 0. The molecule has 0 spiro atoms. The maximum absolute atomic E-state index is 6.97. The Bertz CT molecular complexity index is 284. The molecule has 0 aliphatic rings. The summed E-state index contributed by atoms with van der Waals surface area (Å²) in [6.07, 6.45) is 0.447. The zero-order valence-electron chi connectivity index (χ0n) is 7.09. The minimum absolute atomic E-state index is 0.133. The number of amidine groups is 1. The predicted octanol–water partition coefficient (Wildman–Crippen LogP) is 2.04. The minimum atomic E-state index is 0.133. The summed E-state index contributed by atoms with van der Waals surface area (Å²) >= 11 is 5.69. The van der Waals surface area contributed by atoms with Crippen molar-refractivity contribution in [2.75, 3.05) is 6.61 Å². The zero-order chi connectivity index (χ0) is 9.68. The van der Waals surface area contributed by atoms with Gasteiger partial charge in [-0.25, -0.2) is 0 Å². The Labute approximate surface area is 82.0 Å². The molecule has 0 atom stereocenters. The molecule has 0 bridgehead atoms. The Kier molecular flexibility index (Phi) is 3.58. The molecule has 0 heterocycles. The van der Waals surface area contributed by atoms with E-state index in [-0.39, 0.29) is 5.84 Å². The van der Waals surface area contributed by atoms with E-state index in [9.17, 15) is 0 Å². The van der Waals surface area contributed by atoms with E-state index < -0.39 is 0 Å². The number of hydrogen-bond acceptors (Lipinski definition) is 2. The number of halogens is 1. The van der Waals surface area contributed by atoms with E-state index in [1.54, 1.807) is 24.3 Å². The van der Waals surface area contributed by atoms with E-state index in [1.807, 2.05) is 0 Å². The molecule has 1 aromatic rings. The maximum Gasteiger partial charge on any atom is 0.119 e. The SMILES string of the molecule is N=C(N)CCOc1ccc(Cl)cc1. The summed E-state index contributed by atoms with van der Waals surface area (Å²) in [7, 11) is 0. The van der Waals surface area contributed by atoms with E-state index in [2.05, 4.69) is 0 Å². The van der Waals surface area contributed by atoms with Gasteiger partial charge < -0.3 is 10.5 Å². The molecule has 0 radical (unpaired) electrons. The molecule has 13 heavy (non-hydrogen) atoms. The van der Waals surface area contributed by atoms with E-state index in [0.717, 1.165) is 5.75 Å². The van der Waals surface area contributed by atoms with Crippen molar-refractivity contribution in [3.8, 4) is 5.75 Å². The fourth-order valence-corrected chi connectivity index (χ4v) is 0.936. The van der Waals surface area contributed by atoms with Crippen LogP contribution in [0.4, 0.5) is 0 Å². The van der Waals surface area contributed by atoms with Crippen LogP contribution in [0, 0.1) is 5.41 Å². The molecular weight excluding hydrogens is 188 g/mol. The molecule has 0 amide bonds. The molecule has 4 heteroatoms. The standard InChI is InChI=1S/C9H11ClN2O/c10-7-1-3-8(4-2-7)13-6-5-9(11)12/h1-4H,5-6H2,(H3,11,12). The third kappa shape index (κ3) is 3.80. The van der Waals surface area contributed by atoms with Gasteiger partial charge in [-0.2, -0.15) is 0 Å². The van der Waals surface area contributed by atoms with Gasteiger partial charge in [0.05, 0.1) is 12.4 Å². The Hall–Kier alpha value is -1.22. The molecule has 0 unspecified atom stereocenters. The fraction of sp³-hybridized carbons (Fsp3) is 0.222. The molecular formula is C9H11ClN2O. The third-order valence-corrected chi connectivity index (χ3v) is 1.71. The van der Waals surface area contributed by atoms with Crippen LogP contribution in [0.2, 0.25) is 5.02 Å². The highest BCUT2D eigenvalue weighted by Crippen LogP contribution is 2.15. The van der Waals surface area contributed by atoms with Crippen molar-refractivity contribution >= 4 is 17.4 Å². The number of hydrogen-bond donors (Lipinski definition) is 2. The van der Waals surface area contributed by atoms with Crippen LogP contribution < -0.4 is 10.5 Å². The van der Waals surface area contributed by atoms with Crippen molar-refractivity contribution in [3.05, 3.63) is 29.3 Å². The van der Waals surface area contributed by atoms with E-state index in [0.29, 0.717) is 18.1 Å². The molecule has 3 N–H and O–H groups in total. The van der Waals surface area contributed by atoms with Gasteiger partial charge in [-0.1, -0.05) is 11.6 Å². The average Bonchev–Trinajstić information content (AvgIpc) is 2.08. The van der Waals surface area contributed by atoms with Gasteiger partial charge >= 0.3 is 0 Å². The van der Waals surface area contributed by atoms with Gasteiger partial charge in [0.2, 0.25) is 0 Å². The molecule has 1 aromatic carbocycles. The lowest BCUT2D eigenvalue weighted by atomic mass is 10.3. The van der Waals surface area contributed by atoms with Gasteiger partial charge in [0.15, 0.2) is 0 Å². The van der Waals surface area contributed by atoms with Crippen molar-refractivity contribution < 1.29 is 4.74 Å². The lowest BCUT2D eigenvalue weighted by Gasteiger charge is -2.04. The summed E-state index contributed by atoms with van der Waals surface area (Å²) < 4.78 is 5.29. The van der Waals surface area contributed by atoms with Crippen LogP contribution >= 0.6 is 11.6 Å². The topological polar surface area (TPSA) is 59.1 Å². The van der Waals surface area contributed by atoms with E-state index in [4.69, 9.17) is 27.5 Å². The lowest BCUT2D eigenvalue weighted by Crippen LogP contribution is -2.13. The second-order valence-electron chi connectivity index (χ2n) is 2.58. The molecule has 0 fully saturated rings. The summed E-state index contributed by atoms with van der Waals surface area (Å²) in [6.45, 7) is 0.428. The van der Waals surface area contributed by atoms with Crippen LogP contribution in [0.5, 0.6) is 5.75 Å². The minimum Gasteiger partial charge on any atom is -0.493 e. The molecule has 0 saturated heterocycles. The summed E-state index contributed by atoms with van der Waals surface area (Å²) in [5.41, 5.74) is 5.16. The van der Waals surface area contributed by atoms with Crippen molar-refractivity contribution in [2.24, 2.45) is 5.73 Å². The lowest BCUT2D eigenvalue weighted by molar-refractivity contribution is 0.328. The monoisotopic (exact) mass is 198 g/mol. The van der Waals surface area contributed by atoms with Gasteiger partial charge in [0, 0.05) is 11.4 Å². The average molecular weight is 199 g/mol. The Morgan fingerprint density at radius 2 is 2.00 bits per heavy atom. The molecule has 3 nitrogen and oxygen atoms in total. The van der Waals surface area contributed by atoms with Gasteiger partial charge in [-0.15, -0.1) is 0 Å². The molecule has 0 aliphatic heterocycles. The smallest absolute Gasteiger partial charge is 0.119 e. The molecule has 0 aromatic heterocycles. The number of nitrogens with two attached hydrogens (primary N) is 1. The molecule has 1 rings (SSSR count). The van der Waals surface area contributed by atoms with Crippen LogP contribution in [0.25, 0.3) is 0 Å². The molecule has 0 aliphatic carbocycles. The highest BCUT2D eigenvalue weighted by Gasteiger charge is 1.94. The van der Waals surface area contributed by atoms with Crippen molar-refractivity contribution in [1.29, 1.82) is 5.41 Å². The Morgan fingerprint density at radius 1 is 1.38 bits per heavy atom. The number of rotatable bonds is 4. The van der Waals surface area contributed by atoms with Gasteiger partial charge in [-0.05, 0) is 24.3 Å². The first-order valence-electron chi connectivity index (χ1n) is 3.90. The van der Waals surface area contributed by atoms with Crippen molar-refractivity contribution in [3.63, 3.8) is 0 Å². The molecule has 70 valence electrons. The number of benzene rings is 1. The predicted molar refractivity (Wildman–Crippen MR) is 53.5 cm³/mol. The van der Waals surface area contributed by atoms with Crippen LogP contribution in [0.1, 0.15) is 6.42 Å². The highest BCUT2D eigenvalue weighted by molar-refractivity contribution is 6.30. The van der Waals surface area contributed by atoms with Crippen LogP contribution in [-0.2, 0) is 0 Å². The van der Waals surface area contributed by atoms with Gasteiger partial charge in [0.25, 0.3) is 0 Å². The van der Waals surface area contributed by atoms with Crippen molar-refractivity contribution in [1.82, 2.24) is 0 Å². The largest absolute Gasteiger partial charge is 0.493 e. The molecule has 0 saturated carbocycles. The summed E-state index contributed by atoms with van der Waals surface area (Å²) in [5, 5.41) is 7.65. The Balaban J connectivity index is 2.37. The highest BCUT2D eigenvalue weighted by atomic mass is 35.5. The van der Waals surface area contributed by atoms with Crippen LogP contribution in [-0.4, -0.2) is 12.4 Å². The Morgan fingerprint density at radius 3 is 2.54 bits per heavy atom. The fourth-order valence-electron chi connectivity index (χ4n) is 0.810. The quantitative estimate of drug-likeness (QED) is 0.575. The third-order valence-electron chi connectivity index (χ3n) is 1.45. The second-order valence-corrected chi connectivity index (χ2v) is 3.01.